The van der Waals surface area contributed by atoms with Crippen molar-refractivity contribution in [2.75, 3.05) is 5.32 Å². The van der Waals surface area contributed by atoms with Gasteiger partial charge in [0.1, 0.15) is 0 Å². The molecule has 2 aromatic carbocycles. The number of nitrogens with zero attached hydrogens (tertiary/aromatic N) is 1. The number of carbonyl (C=O) groups is 2. The average molecular weight is 415 g/mol. The maximum absolute atomic E-state index is 12.2. The molecule has 3 aromatic rings. The van der Waals surface area contributed by atoms with Crippen LogP contribution in [0.4, 0.5) is 5.69 Å². The third-order valence-corrected chi connectivity index (χ3v) is 4.42. The van der Waals surface area contributed by atoms with Crippen molar-refractivity contribution in [2.24, 2.45) is 0 Å². The molecule has 28 heavy (non-hydrogen) atoms. The predicted molar refractivity (Wildman–Crippen MR) is 111 cm³/mol. The number of amides is 1. The number of hydrogen-bond donors (Lipinski definition) is 1. The van der Waals surface area contributed by atoms with Crippen molar-refractivity contribution in [1.82, 2.24) is 4.98 Å². The normalized spacial score (nSPS) is 12.1. The van der Waals surface area contributed by atoms with Gasteiger partial charge in [0.15, 0.2) is 6.10 Å². The number of aromatic nitrogens is 1. The maximum atomic E-state index is 12.2. The molecule has 0 radical (unpaired) electrons. The van der Waals surface area contributed by atoms with Crippen molar-refractivity contribution in [2.45, 2.75) is 13.0 Å². The summed E-state index contributed by atoms with van der Waals surface area (Å²) >= 11 is 11.9. The van der Waals surface area contributed by atoms with E-state index in [1.807, 2.05) is 30.3 Å². The van der Waals surface area contributed by atoms with E-state index in [4.69, 9.17) is 27.9 Å². The van der Waals surface area contributed by atoms with Crippen LogP contribution in [-0.2, 0) is 14.3 Å². The molecule has 1 amide bonds. The largest absolute Gasteiger partial charge is 0.449 e. The molecule has 142 valence electrons. The number of esters is 1. The first-order valence-electron chi connectivity index (χ1n) is 8.43. The van der Waals surface area contributed by atoms with Gasteiger partial charge in [0.05, 0.1) is 21.9 Å². The molecule has 1 N–H and O–H groups in total. The summed E-state index contributed by atoms with van der Waals surface area (Å²) in [6.07, 6.45) is 1.75. The number of fused-ring (bicyclic) bond motifs is 1. The average Bonchev–Trinajstić information content (AvgIpc) is 2.69. The highest BCUT2D eigenvalue weighted by Gasteiger charge is 2.18. The van der Waals surface area contributed by atoms with Crippen molar-refractivity contribution < 1.29 is 14.3 Å². The van der Waals surface area contributed by atoms with Crippen LogP contribution in [0.25, 0.3) is 17.0 Å². The summed E-state index contributed by atoms with van der Waals surface area (Å²) in [5, 5.41) is 4.35. The van der Waals surface area contributed by atoms with Gasteiger partial charge in [-0.3, -0.25) is 4.79 Å². The van der Waals surface area contributed by atoms with Crippen LogP contribution in [0.1, 0.15) is 12.6 Å². The quantitative estimate of drug-likeness (QED) is 0.464. The van der Waals surface area contributed by atoms with Gasteiger partial charge in [0.2, 0.25) is 0 Å². The smallest absolute Gasteiger partial charge is 0.331 e. The highest BCUT2D eigenvalue weighted by Crippen LogP contribution is 2.25. The Hall–Kier alpha value is -2.89. The van der Waals surface area contributed by atoms with E-state index in [9.17, 15) is 9.59 Å². The van der Waals surface area contributed by atoms with E-state index in [-0.39, 0.29) is 0 Å². The number of anilines is 1. The fourth-order valence-corrected chi connectivity index (χ4v) is 2.76. The third-order valence-electron chi connectivity index (χ3n) is 3.86. The molecule has 0 saturated carbocycles. The first-order chi connectivity index (χ1) is 13.4. The monoisotopic (exact) mass is 414 g/mol. The van der Waals surface area contributed by atoms with E-state index in [2.05, 4.69) is 10.3 Å². The molecule has 0 aliphatic heterocycles. The van der Waals surface area contributed by atoms with Gasteiger partial charge in [-0.25, -0.2) is 9.78 Å². The van der Waals surface area contributed by atoms with E-state index >= 15 is 0 Å². The number of nitrogens with one attached hydrogen (secondary N) is 1. The lowest BCUT2D eigenvalue weighted by atomic mass is 10.2. The standard InChI is InChI=1S/C21H16Cl2N2O3/c1-13(21(27)25-19-12-15(22)7-10-17(19)23)28-20(26)11-9-16-8-6-14-4-2-3-5-18(14)24-16/h2-13H,1H3,(H,25,27)/b11-9+/t13-/m0/s1. The van der Waals surface area contributed by atoms with Crippen LogP contribution in [0.3, 0.4) is 0 Å². The van der Waals surface area contributed by atoms with E-state index < -0.39 is 18.0 Å². The Bertz CT molecular complexity index is 1070. The zero-order chi connectivity index (χ0) is 20.1. The zero-order valence-electron chi connectivity index (χ0n) is 14.9. The lowest BCUT2D eigenvalue weighted by Gasteiger charge is -2.13. The molecule has 1 aromatic heterocycles. The lowest BCUT2D eigenvalue weighted by Crippen LogP contribution is -2.29. The number of pyridine rings is 1. The minimum absolute atomic E-state index is 0.332. The third kappa shape index (κ3) is 5.09. The van der Waals surface area contributed by atoms with Crippen LogP contribution in [0, 0.1) is 0 Å². The van der Waals surface area contributed by atoms with Gasteiger partial charge in [-0.05, 0) is 43.3 Å². The molecule has 0 bridgehead atoms. The number of hydrogen-bond acceptors (Lipinski definition) is 4. The van der Waals surface area contributed by atoms with Crippen molar-refractivity contribution in [1.29, 1.82) is 0 Å². The van der Waals surface area contributed by atoms with Crippen LogP contribution in [0.15, 0.2) is 60.7 Å². The van der Waals surface area contributed by atoms with E-state index in [0.717, 1.165) is 10.9 Å². The summed E-state index contributed by atoms with van der Waals surface area (Å²) in [5.74, 6) is -1.18. The van der Waals surface area contributed by atoms with E-state index in [1.165, 1.54) is 25.1 Å². The summed E-state index contributed by atoms with van der Waals surface area (Å²) in [6, 6.07) is 16.1. The first kappa shape index (κ1) is 19.9. The van der Waals surface area contributed by atoms with Gasteiger partial charge in [-0.15, -0.1) is 0 Å². The second-order valence-electron chi connectivity index (χ2n) is 5.95. The highest BCUT2D eigenvalue weighted by molar-refractivity contribution is 6.35. The van der Waals surface area contributed by atoms with Crippen LogP contribution in [-0.4, -0.2) is 23.0 Å². The molecule has 0 aliphatic rings. The van der Waals surface area contributed by atoms with Gasteiger partial charge in [0, 0.05) is 16.5 Å². The molecule has 0 saturated heterocycles. The molecule has 5 nitrogen and oxygen atoms in total. The lowest BCUT2D eigenvalue weighted by molar-refractivity contribution is -0.148. The van der Waals surface area contributed by atoms with E-state index in [1.54, 1.807) is 18.2 Å². The van der Waals surface area contributed by atoms with Crippen molar-refractivity contribution in [3.8, 4) is 0 Å². The number of ether oxygens (including phenoxy) is 1. The summed E-state index contributed by atoms with van der Waals surface area (Å²) in [5.41, 5.74) is 1.78. The number of para-hydroxylation sites is 1. The predicted octanol–water partition coefficient (Wildman–Crippen LogP) is 5.13. The Labute approximate surface area is 171 Å². The fraction of sp³-hybridized carbons (Fsp3) is 0.0952. The molecule has 0 spiro atoms. The molecule has 7 heteroatoms. The van der Waals surface area contributed by atoms with Gasteiger partial charge >= 0.3 is 5.97 Å². The fourth-order valence-electron chi connectivity index (χ4n) is 2.42. The number of carbonyl (C=O) groups excluding carboxylic acids is 2. The minimum Gasteiger partial charge on any atom is -0.449 e. The number of rotatable bonds is 5. The molecular weight excluding hydrogens is 399 g/mol. The second-order valence-corrected chi connectivity index (χ2v) is 6.80. The Kier molecular flexibility index (Phi) is 6.29. The minimum atomic E-state index is -1.02. The van der Waals surface area contributed by atoms with Crippen LogP contribution >= 0.6 is 23.2 Å². The van der Waals surface area contributed by atoms with Gasteiger partial charge < -0.3 is 10.1 Å². The topological polar surface area (TPSA) is 68.3 Å². The summed E-state index contributed by atoms with van der Waals surface area (Å²) in [6.45, 7) is 1.47. The van der Waals surface area contributed by atoms with Crippen LogP contribution in [0.2, 0.25) is 10.0 Å². The van der Waals surface area contributed by atoms with Crippen molar-refractivity contribution in [3.63, 3.8) is 0 Å². The van der Waals surface area contributed by atoms with Gasteiger partial charge in [-0.2, -0.15) is 0 Å². The van der Waals surface area contributed by atoms with Crippen molar-refractivity contribution in [3.05, 3.63) is 76.4 Å². The Morgan fingerprint density at radius 3 is 2.71 bits per heavy atom. The Balaban J connectivity index is 1.60. The molecule has 0 unspecified atom stereocenters. The Morgan fingerprint density at radius 2 is 1.89 bits per heavy atom. The van der Waals surface area contributed by atoms with E-state index in [0.29, 0.717) is 21.4 Å². The van der Waals surface area contributed by atoms with Crippen molar-refractivity contribution >= 4 is 57.7 Å². The number of benzene rings is 2. The molecule has 3 rings (SSSR count). The molecule has 1 heterocycles. The van der Waals surface area contributed by atoms with Crippen LogP contribution < -0.4 is 5.32 Å². The Morgan fingerprint density at radius 1 is 1.11 bits per heavy atom. The number of halogens is 2. The summed E-state index contributed by atoms with van der Waals surface area (Å²) in [4.78, 5) is 28.6. The SMILES string of the molecule is C[C@H](OC(=O)/C=C/c1ccc2ccccc2n1)C(=O)Nc1cc(Cl)ccc1Cl. The molecule has 1 atom stereocenters. The summed E-state index contributed by atoms with van der Waals surface area (Å²) in [7, 11) is 0. The zero-order valence-corrected chi connectivity index (χ0v) is 16.4. The molecule has 0 fully saturated rings. The molecule has 0 aliphatic carbocycles. The van der Waals surface area contributed by atoms with Crippen LogP contribution in [0.5, 0.6) is 0 Å². The highest BCUT2D eigenvalue weighted by atomic mass is 35.5. The first-order valence-corrected chi connectivity index (χ1v) is 9.18. The van der Waals surface area contributed by atoms with Gasteiger partial charge in [0.25, 0.3) is 5.91 Å². The second kappa shape index (κ2) is 8.87. The maximum Gasteiger partial charge on any atom is 0.331 e. The molecular formula is C21H16Cl2N2O3. The summed E-state index contributed by atoms with van der Waals surface area (Å²) < 4.78 is 5.12. The van der Waals surface area contributed by atoms with Gasteiger partial charge in [-0.1, -0.05) is 47.5 Å².